The van der Waals surface area contributed by atoms with Crippen molar-refractivity contribution in [1.29, 1.82) is 0 Å². The molecular weight excluding hydrogens is 359 g/mol. The van der Waals surface area contributed by atoms with Gasteiger partial charge in [0.2, 0.25) is 0 Å². The van der Waals surface area contributed by atoms with Gasteiger partial charge in [0.15, 0.2) is 11.6 Å². The molecule has 0 aliphatic carbocycles. The van der Waals surface area contributed by atoms with Gasteiger partial charge in [-0.1, -0.05) is 25.5 Å². The first kappa shape index (κ1) is 21.6. The maximum atomic E-state index is 14.5. The van der Waals surface area contributed by atoms with Gasteiger partial charge in [0.1, 0.15) is 18.6 Å². The summed E-state index contributed by atoms with van der Waals surface area (Å²) in [4.78, 5) is 10.6. The number of rotatable bonds is 12. The second-order valence-corrected chi connectivity index (χ2v) is 6.14. The molecule has 28 heavy (non-hydrogen) atoms. The van der Waals surface area contributed by atoms with E-state index in [1.54, 1.807) is 19.1 Å². The molecule has 0 saturated heterocycles. The maximum Gasteiger partial charge on any atom is 0.166 e. The van der Waals surface area contributed by atoms with Gasteiger partial charge >= 0.3 is 0 Å². The van der Waals surface area contributed by atoms with Crippen LogP contribution in [-0.4, -0.2) is 32.7 Å². The Balaban J connectivity index is 2.09. The van der Waals surface area contributed by atoms with Crippen molar-refractivity contribution in [2.45, 2.75) is 26.7 Å². The molecule has 2 aromatic rings. The third kappa shape index (κ3) is 6.50. The number of unbranched alkanes of at least 4 members (excludes halogenated alkanes) is 1. The topological polar surface area (TPSA) is 44.8 Å². The van der Waals surface area contributed by atoms with Crippen molar-refractivity contribution in [2.75, 3.05) is 26.4 Å². The summed E-state index contributed by atoms with van der Waals surface area (Å²) >= 11 is 0. The fourth-order valence-corrected chi connectivity index (χ4v) is 2.66. The molecule has 150 valence electrons. The first-order valence-corrected chi connectivity index (χ1v) is 9.58. The zero-order valence-electron chi connectivity index (χ0n) is 16.4. The van der Waals surface area contributed by atoms with Gasteiger partial charge < -0.3 is 14.2 Å². The van der Waals surface area contributed by atoms with Crippen molar-refractivity contribution in [3.63, 3.8) is 0 Å². The van der Waals surface area contributed by atoms with Gasteiger partial charge in [-0.25, -0.2) is 4.39 Å². The van der Waals surface area contributed by atoms with Gasteiger partial charge in [-0.2, -0.15) is 0 Å². The highest BCUT2D eigenvalue weighted by atomic mass is 19.1. The Kier molecular flexibility index (Phi) is 9.22. The molecule has 0 unspecified atom stereocenters. The molecule has 0 fully saturated rings. The predicted octanol–water partition coefficient (Wildman–Crippen LogP) is 5.30. The van der Waals surface area contributed by atoms with Crippen molar-refractivity contribution in [3.8, 4) is 22.6 Å². The van der Waals surface area contributed by atoms with Crippen molar-refractivity contribution in [1.82, 2.24) is 0 Å². The van der Waals surface area contributed by atoms with Crippen LogP contribution >= 0.6 is 0 Å². The number of hydrogen-bond acceptors (Lipinski definition) is 4. The Morgan fingerprint density at radius 1 is 0.964 bits per heavy atom. The van der Waals surface area contributed by atoms with Crippen LogP contribution in [-0.2, 0) is 9.53 Å². The molecule has 0 amide bonds. The Morgan fingerprint density at radius 2 is 1.75 bits per heavy atom. The van der Waals surface area contributed by atoms with E-state index in [1.165, 1.54) is 12.1 Å². The van der Waals surface area contributed by atoms with E-state index in [-0.39, 0.29) is 5.75 Å². The Bertz CT molecular complexity index is 769. The fraction of sp³-hybridized carbons (Fsp3) is 0.348. The third-order valence-corrected chi connectivity index (χ3v) is 4.04. The van der Waals surface area contributed by atoms with Gasteiger partial charge in [0, 0.05) is 12.2 Å². The summed E-state index contributed by atoms with van der Waals surface area (Å²) in [6, 6.07) is 10.7. The Hall–Kier alpha value is -2.66. The lowest BCUT2D eigenvalue weighted by Crippen LogP contribution is -2.07. The monoisotopic (exact) mass is 386 g/mol. The van der Waals surface area contributed by atoms with E-state index in [1.807, 2.05) is 24.3 Å². The normalized spacial score (nSPS) is 11.0. The standard InChI is InChI=1S/C23H27FO4/c1-3-5-13-26-14-15-28-21-10-8-18(9-11-21)20-16-19(7-6-12-25)23(27-4-2)22(24)17-20/h6-12,16-17H,3-5,13-15H2,1-2H3/b7-6+. The van der Waals surface area contributed by atoms with Crippen LogP contribution < -0.4 is 9.47 Å². The van der Waals surface area contributed by atoms with Crippen LogP contribution in [0.1, 0.15) is 32.3 Å². The van der Waals surface area contributed by atoms with E-state index in [9.17, 15) is 9.18 Å². The van der Waals surface area contributed by atoms with Gasteiger partial charge in [-0.3, -0.25) is 4.79 Å². The highest BCUT2D eigenvalue weighted by molar-refractivity contribution is 5.78. The summed E-state index contributed by atoms with van der Waals surface area (Å²) in [7, 11) is 0. The largest absolute Gasteiger partial charge is 0.491 e. The molecule has 0 spiro atoms. The molecule has 0 radical (unpaired) electrons. The van der Waals surface area contributed by atoms with Crippen molar-refractivity contribution < 1.29 is 23.4 Å². The second kappa shape index (κ2) is 11.9. The minimum atomic E-state index is -0.463. The van der Waals surface area contributed by atoms with Crippen LogP contribution in [0.2, 0.25) is 0 Å². The van der Waals surface area contributed by atoms with Crippen LogP contribution in [0, 0.1) is 5.82 Å². The SMILES string of the molecule is CCCCOCCOc1ccc(-c2cc(F)c(OCC)c(/C=C/C=O)c2)cc1. The number of carbonyl (C=O) groups is 1. The fourth-order valence-electron chi connectivity index (χ4n) is 2.66. The van der Waals surface area contributed by atoms with Crippen LogP contribution in [0.5, 0.6) is 11.5 Å². The molecule has 0 bridgehead atoms. The van der Waals surface area contributed by atoms with Gasteiger partial charge in [0.05, 0.1) is 13.2 Å². The lowest BCUT2D eigenvalue weighted by molar-refractivity contribution is -0.104. The lowest BCUT2D eigenvalue weighted by atomic mass is 10.0. The number of ether oxygens (including phenoxy) is 3. The van der Waals surface area contributed by atoms with Gasteiger partial charge in [-0.15, -0.1) is 0 Å². The summed E-state index contributed by atoms with van der Waals surface area (Å²) in [5.41, 5.74) is 2.06. The van der Waals surface area contributed by atoms with Crippen molar-refractivity contribution >= 4 is 12.4 Å². The van der Waals surface area contributed by atoms with Gasteiger partial charge in [0.25, 0.3) is 0 Å². The van der Waals surface area contributed by atoms with Crippen LogP contribution in [0.3, 0.4) is 0 Å². The molecule has 4 nitrogen and oxygen atoms in total. The molecule has 2 aromatic carbocycles. The summed E-state index contributed by atoms with van der Waals surface area (Å²) in [6.07, 6.45) is 5.68. The molecular formula is C23H27FO4. The molecule has 0 N–H and O–H groups in total. The van der Waals surface area contributed by atoms with E-state index in [0.717, 1.165) is 30.8 Å². The molecule has 0 aromatic heterocycles. The molecule has 0 aliphatic heterocycles. The quantitative estimate of drug-likeness (QED) is 0.282. The van der Waals surface area contributed by atoms with Crippen molar-refractivity contribution in [3.05, 3.63) is 53.9 Å². The van der Waals surface area contributed by atoms with Crippen LogP contribution in [0.15, 0.2) is 42.5 Å². The molecule has 0 heterocycles. The number of allylic oxidation sites excluding steroid dienone is 1. The molecule has 2 rings (SSSR count). The summed E-state index contributed by atoms with van der Waals surface area (Å²) < 4.78 is 31.0. The zero-order valence-corrected chi connectivity index (χ0v) is 16.4. The van der Waals surface area contributed by atoms with E-state index >= 15 is 0 Å². The number of aldehydes is 1. The van der Waals surface area contributed by atoms with E-state index in [4.69, 9.17) is 14.2 Å². The van der Waals surface area contributed by atoms with Crippen LogP contribution in [0.25, 0.3) is 17.2 Å². The van der Waals surface area contributed by atoms with Crippen LogP contribution in [0.4, 0.5) is 4.39 Å². The molecule has 0 saturated carbocycles. The lowest BCUT2D eigenvalue weighted by Gasteiger charge is -2.12. The summed E-state index contributed by atoms with van der Waals surface area (Å²) in [6.45, 7) is 6.04. The maximum absolute atomic E-state index is 14.5. The van der Waals surface area contributed by atoms with Crippen molar-refractivity contribution in [2.24, 2.45) is 0 Å². The highest BCUT2D eigenvalue weighted by Gasteiger charge is 2.12. The van der Waals surface area contributed by atoms with E-state index in [0.29, 0.717) is 37.2 Å². The first-order chi connectivity index (χ1) is 13.7. The third-order valence-electron chi connectivity index (χ3n) is 4.04. The zero-order chi connectivity index (χ0) is 20.2. The molecule has 0 atom stereocenters. The smallest absolute Gasteiger partial charge is 0.166 e. The summed E-state index contributed by atoms with van der Waals surface area (Å²) in [5, 5.41) is 0. The Labute approximate surface area is 165 Å². The predicted molar refractivity (Wildman–Crippen MR) is 109 cm³/mol. The van der Waals surface area contributed by atoms with E-state index < -0.39 is 5.82 Å². The number of halogens is 1. The highest BCUT2D eigenvalue weighted by Crippen LogP contribution is 2.31. The number of hydrogen-bond donors (Lipinski definition) is 0. The Morgan fingerprint density at radius 3 is 2.43 bits per heavy atom. The number of benzene rings is 2. The number of carbonyl (C=O) groups excluding carboxylic acids is 1. The van der Waals surface area contributed by atoms with Gasteiger partial charge in [-0.05, 0) is 60.9 Å². The first-order valence-electron chi connectivity index (χ1n) is 9.58. The summed E-state index contributed by atoms with van der Waals surface area (Å²) in [5.74, 6) is 0.414. The minimum absolute atomic E-state index is 0.146. The molecule has 0 aliphatic rings. The minimum Gasteiger partial charge on any atom is -0.491 e. The van der Waals surface area contributed by atoms with E-state index in [2.05, 4.69) is 6.92 Å². The molecule has 5 heteroatoms. The second-order valence-electron chi connectivity index (χ2n) is 6.14. The average molecular weight is 386 g/mol. The average Bonchev–Trinajstić information content (AvgIpc) is 2.71.